The first-order valence-electron chi connectivity index (χ1n) is 5.54. The summed E-state index contributed by atoms with van der Waals surface area (Å²) in [4.78, 5) is 3.88. The van der Waals surface area contributed by atoms with Gasteiger partial charge in [-0.3, -0.25) is 4.68 Å². The van der Waals surface area contributed by atoms with Crippen LogP contribution < -0.4 is 5.32 Å². The maximum atomic E-state index is 8.54. The van der Waals surface area contributed by atoms with Crippen molar-refractivity contribution in [3.63, 3.8) is 0 Å². The molecule has 0 spiro atoms. The average molecular weight is 221 g/mol. The van der Waals surface area contributed by atoms with E-state index in [1.165, 1.54) is 6.33 Å². The summed E-state index contributed by atoms with van der Waals surface area (Å²) in [5.41, 5.74) is 0.179. The molecule has 1 rings (SSSR count). The zero-order chi connectivity index (χ0) is 11.9. The van der Waals surface area contributed by atoms with Crippen LogP contribution >= 0.6 is 0 Å². The van der Waals surface area contributed by atoms with Gasteiger partial charge in [0.2, 0.25) is 0 Å². The minimum Gasteiger partial charge on any atom is -0.314 e. The van der Waals surface area contributed by atoms with E-state index in [-0.39, 0.29) is 5.41 Å². The molecule has 0 unspecified atom stereocenters. The quantitative estimate of drug-likeness (QED) is 0.702. The lowest BCUT2D eigenvalue weighted by atomic mass is 9.88. The molecular formula is C11H19N5. The summed E-state index contributed by atoms with van der Waals surface area (Å²) >= 11 is 0. The van der Waals surface area contributed by atoms with Crippen LogP contribution in [0.15, 0.2) is 12.7 Å². The van der Waals surface area contributed by atoms with Crippen LogP contribution in [0.2, 0.25) is 0 Å². The molecule has 0 aliphatic carbocycles. The van der Waals surface area contributed by atoms with Crippen LogP contribution in [0.4, 0.5) is 0 Å². The van der Waals surface area contributed by atoms with E-state index in [4.69, 9.17) is 5.26 Å². The second-order valence-corrected chi connectivity index (χ2v) is 4.66. The Morgan fingerprint density at radius 2 is 2.31 bits per heavy atom. The largest absolute Gasteiger partial charge is 0.314 e. The van der Waals surface area contributed by atoms with Crippen molar-refractivity contribution >= 4 is 0 Å². The number of nitriles is 1. The molecule has 1 heterocycles. The topological polar surface area (TPSA) is 66.5 Å². The lowest BCUT2D eigenvalue weighted by molar-refractivity contribution is 0.315. The zero-order valence-corrected chi connectivity index (χ0v) is 9.98. The standard InChI is InChI=1S/C11H19N5/c1-11(2,4-3-5-12)8-13-6-7-16-10-14-9-15-16/h9-10,13H,3-4,6-8H2,1-2H3. The Hall–Kier alpha value is -1.41. The monoisotopic (exact) mass is 221 g/mol. The maximum absolute atomic E-state index is 8.54. The lowest BCUT2D eigenvalue weighted by Crippen LogP contribution is -2.31. The fraction of sp³-hybridized carbons (Fsp3) is 0.727. The summed E-state index contributed by atoms with van der Waals surface area (Å²) in [6.07, 6.45) is 4.80. The Kier molecular flexibility index (Phi) is 4.93. The Labute approximate surface area is 96.5 Å². The first-order chi connectivity index (χ1) is 7.64. The highest BCUT2D eigenvalue weighted by Crippen LogP contribution is 2.20. The van der Waals surface area contributed by atoms with Crippen molar-refractivity contribution in [2.75, 3.05) is 13.1 Å². The molecule has 0 saturated heterocycles. The van der Waals surface area contributed by atoms with E-state index in [1.54, 1.807) is 11.0 Å². The number of rotatable bonds is 7. The van der Waals surface area contributed by atoms with Crippen LogP contribution in [-0.2, 0) is 6.54 Å². The molecule has 1 N–H and O–H groups in total. The SMILES string of the molecule is CC(C)(CCC#N)CNCCn1cncn1. The fourth-order valence-corrected chi connectivity index (χ4v) is 1.45. The third-order valence-corrected chi connectivity index (χ3v) is 2.50. The predicted octanol–water partition coefficient (Wildman–Crippen LogP) is 1.20. The highest BCUT2D eigenvalue weighted by molar-refractivity contribution is 4.78. The van der Waals surface area contributed by atoms with Gasteiger partial charge in [-0.2, -0.15) is 10.4 Å². The van der Waals surface area contributed by atoms with E-state index in [1.807, 2.05) is 0 Å². The highest BCUT2D eigenvalue weighted by Gasteiger charge is 2.16. The minimum atomic E-state index is 0.179. The molecule has 5 heteroatoms. The van der Waals surface area contributed by atoms with Gasteiger partial charge < -0.3 is 5.32 Å². The summed E-state index contributed by atoms with van der Waals surface area (Å²) in [5, 5.41) is 15.9. The molecule has 0 radical (unpaired) electrons. The molecule has 0 atom stereocenters. The molecule has 0 aromatic carbocycles. The minimum absolute atomic E-state index is 0.179. The molecule has 0 aliphatic rings. The smallest absolute Gasteiger partial charge is 0.137 e. The summed E-state index contributed by atoms with van der Waals surface area (Å²) in [6.45, 7) is 6.97. The van der Waals surface area contributed by atoms with Crippen molar-refractivity contribution in [2.24, 2.45) is 5.41 Å². The molecular weight excluding hydrogens is 202 g/mol. The van der Waals surface area contributed by atoms with Gasteiger partial charge in [0.05, 0.1) is 12.6 Å². The first kappa shape index (κ1) is 12.7. The average Bonchev–Trinajstić information content (AvgIpc) is 2.75. The molecule has 5 nitrogen and oxygen atoms in total. The Morgan fingerprint density at radius 3 is 2.94 bits per heavy atom. The Balaban J connectivity index is 2.12. The van der Waals surface area contributed by atoms with E-state index in [9.17, 15) is 0 Å². The summed E-state index contributed by atoms with van der Waals surface area (Å²) in [7, 11) is 0. The molecule has 16 heavy (non-hydrogen) atoms. The van der Waals surface area contributed by atoms with Crippen LogP contribution in [0, 0.1) is 16.7 Å². The van der Waals surface area contributed by atoms with Gasteiger partial charge in [-0.15, -0.1) is 0 Å². The van der Waals surface area contributed by atoms with Gasteiger partial charge in [0.1, 0.15) is 12.7 Å². The molecule has 1 aromatic heterocycles. The van der Waals surface area contributed by atoms with Crippen molar-refractivity contribution in [1.82, 2.24) is 20.1 Å². The van der Waals surface area contributed by atoms with E-state index in [0.717, 1.165) is 26.1 Å². The molecule has 0 aliphatic heterocycles. The van der Waals surface area contributed by atoms with Crippen LogP contribution in [0.5, 0.6) is 0 Å². The van der Waals surface area contributed by atoms with Crippen molar-refractivity contribution in [3.05, 3.63) is 12.7 Å². The van der Waals surface area contributed by atoms with Gasteiger partial charge in [-0.05, 0) is 11.8 Å². The second kappa shape index (κ2) is 6.23. The van der Waals surface area contributed by atoms with Gasteiger partial charge >= 0.3 is 0 Å². The maximum Gasteiger partial charge on any atom is 0.137 e. The van der Waals surface area contributed by atoms with Crippen LogP contribution in [0.3, 0.4) is 0 Å². The molecule has 0 bridgehead atoms. The normalized spacial score (nSPS) is 11.3. The van der Waals surface area contributed by atoms with Gasteiger partial charge in [0, 0.05) is 19.5 Å². The Morgan fingerprint density at radius 1 is 1.50 bits per heavy atom. The van der Waals surface area contributed by atoms with Gasteiger partial charge in [0.25, 0.3) is 0 Å². The second-order valence-electron chi connectivity index (χ2n) is 4.66. The third-order valence-electron chi connectivity index (χ3n) is 2.50. The van der Waals surface area contributed by atoms with E-state index >= 15 is 0 Å². The Bertz CT molecular complexity index is 323. The van der Waals surface area contributed by atoms with Crippen molar-refractivity contribution in [2.45, 2.75) is 33.2 Å². The fourth-order valence-electron chi connectivity index (χ4n) is 1.45. The van der Waals surface area contributed by atoms with Crippen LogP contribution in [0.25, 0.3) is 0 Å². The van der Waals surface area contributed by atoms with Crippen molar-refractivity contribution in [1.29, 1.82) is 5.26 Å². The molecule has 0 amide bonds. The summed E-state index contributed by atoms with van der Waals surface area (Å²) in [6, 6.07) is 2.19. The highest BCUT2D eigenvalue weighted by atomic mass is 15.3. The van der Waals surface area contributed by atoms with Gasteiger partial charge in [-0.1, -0.05) is 13.8 Å². The number of hydrogen-bond donors (Lipinski definition) is 1. The number of nitrogens with one attached hydrogen (secondary N) is 1. The van der Waals surface area contributed by atoms with Gasteiger partial charge in [-0.25, -0.2) is 4.98 Å². The predicted molar refractivity (Wildman–Crippen MR) is 61.5 cm³/mol. The van der Waals surface area contributed by atoms with E-state index in [0.29, 0.717) is 6.42 Å². The molecule has 1 aromatic rings. The number of hydrogen-bond acceptors (Lipinski definition) is 4. The van der Waals surface area contributed by atoms with Crippen molar-refractivity contribution in [3.8, 4) is 6.07 Å². The zero-order valence-electron chi connectivity index (χ0n) is 9.98. The van der Waals surface area contributed by atoms with Crippen LogP contribution in [-0.4, -0.2) is 27.9 Å². The number of nitrogens with zero attached hydrogens (tertiary/aromatic N) is 4. The molecule has 88 valence electrons. The van der Waals surface area contributed by atoms with Crippen LogP contribution in [0.1, 0.15) is 26.7 Å². The molecule has 0 saturated carbocycles. The van der Waals surface area contributed by atoms with Crippen molar-refractivity contribution < 1.29 is 0 Å². The number of aromatic nitrogens is 3. The third kappa shape index (κ3) is 4.89. The lowest BCUT2D eigenvalue weighted by Gasteiger charge is -2.23. The van der Waals surface area contributed by atoms with E-state index in [2.05, 4.69) is 35.3 Å². The van der Waals surface area contributed by atoms with Gasteiger partial charge in [0.15, 0.2) is 0 Å². The van der Waals surface area contributed by atoms with E-state index < -0.39 is 0 Å². The summed E-state index contributed by atoms with van der Waals surface area (Å²) in [5.74, 6) is 0. The molecule has 0 fully saturated rings. The summed E-state index contributed by atoms with van der Waals surface area (Å²) < 4.78 is 1.80. The first-order valence-corrected chi connectivity index (χ1v) is 5.54.